The Morgan fingerprint density at radius 2 is 2.19 bits per heavy atom. The third-order valence-corrected chi connectivity index (χ3v) is 5.14. The maximum Gasteiger partial charge on any atom is 0.273 e. The molecule has 0 spiro atoms. The Bertz CT molecular complexity index is 583. The van der Waals surface area contributed by atoms with Crippen LogP contribution in [0, 0.1) is 0 Å². The van der Waals surface area contributed by atoms with Gasteiger partial charge in [-0.1, -0.05) is 11.8 Å². The summed E-state index contributed by atoms with van der Waals surface area (Å²) in [6.07, 6.45) is 7.47. The van der Waals surface area contributed by atoms with E-state index in [4.69, 9.17) is 0 Å². The molecular formula is C15H21N3O2S. The van der Waals surface area contributed by atoms with E-state index in [2.05, 4.69) is 11.9 Å². The van der Waals surface area contributed by atoms with Crippen molar-refractivity contribution in [1.29, 1.82) is 0 Å². The molecule has 2 aliphatic rings. The molecule has 0 aromatic carbocycles. The van der Waals surface area contributed by atoms with Crippen LogP contribution in [0.5, 0.6) is 0 Å². The molecule has 0 bridgehead atoms. The van der Waals surface area contributed by atoms with Crippen LogP contribution >= 0.6 is 11.8 Å². The van der Waals surface area contributed by atoms with Crippen LogP contribution in [0.15, 0.2) is 22.2 Å². The van der Waals surface area contributed by atoms with Crippen molar-refractivity contribution < 1.29 is 4.79 Å². The maximum absolute atomic E-state index is 12.4. The predicted molar refractivity (Wildman–Crippen MR) is 82.5 cm³/mol. The van der Waals surface area contributed by atoms with E-state index < -0.39 is 0 Å². The van der Waals surface area contributed by atoms with Crippen LogP contribution in [0.1, 0.15) is 45.1 Å². The number of hydrogen-bond acceptors (Lipinski definition) is 4. The SMILES string of the molecule is CC1CCCCN1C(=O)CSc1nc(=O)ccn1C1CC1. The Morgan fingerprint density at radius 3 is 2.90 bits per heavy atom. The van der Waals surface area contributed by atoms with E-state index in [0.29, 0.717) is 23.0 Å². The molecule has 1 saturated carbocycles. The molecule has 6 heteroatoms. The molecule has 0 radical (unpaired) electrons. The fourth-order valence-corrected chi connectivity index (χ4v) is 3.74. The summed E-state index contributed by atoms with van der Waals surface area (Å²) in [5.41, 5.74) is -0.229. The van der Waals surface area contributed by atoms with Crippen molar-refractivity contribution in [2.24, 2.45) is 0 Å². The molecule has 21 heavy (non-hydrogen) atoms. The number of carbonyl (C=O) groups excluding carboxylic acids is 1. The molecule has 3 rings (SSSR count). The molecule has 1 aromatic heterocycles. The number of piperidine rings is 1. The average Bonchev–Trinajstić information content (AvgIpc) is 3.30. The number of likely N-dealkylation sites (tertiary alicyclic amines) is 1. The van der Waals surface area contributed by atoms with Crippen molar-refractivity contribution in [2.75, 3.05) is 12.3 Å². The minimum atomic E-state index is -0.229. The lowest BCUT2D eigenvalue weighted by atomic mass is 10.0. The van der Waals surface area contributed by atoms with Crippen LogP contribution in [0.3, 0.4) is 0 Å². The molecule has 0 N–H and O–H groups in total. The quantitative estimate of drug-likeness (QED) is 0.631. The fraction of sp³-hybridized carbons (Fsp3) is 0.667. The van der Waals surface area contributed by atoms with Gasteiger partial charge in [-0.05, 0) is 39.0 Å². The molecule has 1 aliphatic carbocycles. The second kappa shape index (κ2) is 6.22. The van der Waals surface area contributed by atoms with Gasteiger partial charge in [-0.15, -0.1) is 0 Å². The van der Waals surface area contributed by atoms with E-state index in [1.807, 2.05) is 15.7 Å². The number of thioether (sulfide) groups is 1. The van der Waals surface area contributed by atoms with E-state index in [1.54, 1.807) is 0 Å². The van der Waals surface area contributed by atoms with Gasteiger partial charge in [0.2, 0.25) is 5.91 Å². The highest BCUT2D eigenvalue weighted by Gasteiger charge is 2.27. The highest BCUT2D eigenvalue weighted by atomic mass is 32.2. The van der Waals surface area contributed by atoms with Crippen LogP contribution in [0.25, 0.3) is 0 Å². The number of rotatable bonds is 4. The van der Waals surface area contributed by atoms with Gasteiger partial charge in [-0.2, -0.15) is 4.98 Å². The van der Waals surface area contributed by atoms with E-state index in [-0.39, 0.29) is 11.5 Å². The molecular weight excluding hydrogens is 286 g/mol. The number of amides is 1. The molecule has 1 atom stereocenters. The van der Waals surface area contributed by atoms with Gasteiger partial charge in [0.15, 0.2) is 5.16 Å². The second-order valence-corrected chi connectivity index (χ2v) is 6.85. The van der Waals surface area contributed by atoms with Gasteiger partial charge < -0.3 is 9.47 Å². The van der Waals surface area contributed by atoms with Gasteiger partial charge in [-0.3, -0.25) is 9.59 Å². The van der Waals surface area contributed by atoms with Gasteiger partial charge in [0, 0.05) is 30.9 Å². The van der Waals surface area contributed by atoms with E-state index in [0.717, 1.165) is 32.2 Å². The molecule has 1 saturated heterocycles. The minimum absolute atomic E-state index is 0.160. The molecule has 114 valence electrons. The van der Waals surface area contributed by atoms with Crippen molar-refractivity contribution in [3.63, 3.8) is 0 Å². The lowest BCUT2D eigenvalue weighted by Gasteiger charge is -2.33. The van der Waals surface area contributed by atoms with Crippen molar-refractivity contribution in [3.05, 3.63) is 22.6 Å². The van der Waals surface area contributed by atoms with Crippen molar-refractivity contribution in [1.82, 2.24) is 14.5 Å². The third kappa shape index (κ3) is 3.48. The van der Waals surface area contributed by atoms with Crippen LogP contribution in [-0.2, 0) is 4.79 Å². The molecule has 5 nitrogen and oxygen atoms in total. The Balaban J connectivity index is 1.65. The smallest absolute Gasteiger partial charge is 0.273 e. The van der Waals surface area contributed by atoms with Crippen molar-refractivity contribution >= 4 is 17.7 Å². The maximum atomic E-state index is 12.4. The van der Waals surface area contributed by atoms with Crippen LogP contribution in [-0.4, -0.2) is 38.7 Å². The van der Waals surface area contributed by atoms with Gasteiger partial charge in [0.05, 0.1) is 5.75 Å². The molecule has 1 aliphatic heterocycles. The first-order valence-electron chi connectivity index (χ1n) is 7.66. The largest absolute Gasteiger partial charge is 0.339 e. The second-order valence-electron chi connectivity index (χ2n) is 5.91. The zero-order valence-corrected chi connectivity index (χ0v) is 13.1. The molecule has 1 amide bonds. The Kier molecular flexibility index (Phi) is 4.33. The first-order chi connectivity index (χ1) is 10.1. The zero-order chi connectivity index (χ0) is 14.8. The minimum Gasteiger partial charge on any atom is -0.339 e. The summed E-state index contributed by atoms with van der Waals surface area (Å²) in [6, 6.07) is 2.29. The Morgan fingerprint density at radius 1 is 1.38 bits per heavy atom. The van der Waals surface area contributed by atoms with E-state index >= 15 is 0 Å². The van der Waals surface area contributed by atoms with Crippen LogP contribution < -0.4 is 5.56 Å². The van der Waals surface area contributed by atoms with Gasteiger partial charge in [0.25, 0.3) is 5.56 Å². The lowest BCUT2D eigenvalue weighted by Crippen LogP contribution is -2.43. The summed E-state index contributed by atoms with van der Waals surface area (Å²) >= 11 is 1.39. The molecule has 1 unspecified atom stereocenters. The number of carbonyl (C=O) groups is 1. The van der Waals surface area contributed by atoms with Crippen molar-refractivity contribution in [2.45, 2.75) is 56.3 Å². The van der Waals surface area contributed by atoms with Gasteiger partial charge in [-0.25, -0.2) is 0 Å². The third-order valence-electron chi connectivity index (χ3n) is 4.19. The predicted octanol–water partition coefficient (Wildman–Crippen LogP) is 2.07. The fourth-order valence-electron chi connectivity index (χ4n) is 2.81. The average molecular weight is 307 g/mol. The lowest BCUT2D eigenvalue weighted by molar-refractivity contribution is -0.131. The summed E-state index contributed by atoms with van der Waals surface area (Å²) in [6.45, 7) is 2.97. The summed E-state index contributed by atoms with van der Waals surface area (Å²) in [5.74, 6) is 0.528. The highest BCUT2D eigenvalue weighted by Crippen LogP contribution is 2.37. The first kappa shape index (κ1) is 14.6. The van der Waals surface area contributed by atoms with Gasteiger partial charge in [0.1, 0.15) is 0 Å². The van der Waals surface area contributed by atoms with E-state index in [1.165, 1.54) is 24.2 Å². The zero-order valence-electron chi connectivity index (χ0n) is 12.3. The van der Waals surface area contributed by atoms with E-state index in [9.17, 15) is 9.59 Å². The summed E-state index contributed by atoms with van der Waals surface area (Å²) in [4.78, 5) is 29.8. The highest BCUT2D eigenvalue weighted by molar-refractivity contribution is 7.99. The normalized spacial score (nSPS) is 22.3. The number of aromatic nitrogens is 2. The monoisotopic (exact) mass is 307 g/mol. The topological polar surface area (TPSA) is 55.2 Å². The van der Waals surface area contributed by atoms with Gasteiger partial charge >= 0.3 is 0 Å². The summed E-state index contributed by atoms with van der Waals surface area (Å²) in [5, 5.41) is 0.683. The molecule has 2 heterocycles. The number of nitrogens with zero attached hydrogens (tertiary/aromatic N) is 3. The van der Waals surface area contributed by atoms with Crippen LogP contribution in [0.4, 0.5) is 0 Å². The Labute approximate surface area is 128 Å². The molecule has 2 fully saturated rings. The summed E-state index contributed by atoms with van der Waals surface area (Å²) in [7, 11) is 0. The van der Waals surface area contributed by atoms with Crippen LogP contribution in [0.2, 0.25) is 0 Å². The number of hydrogen-bond donors (Lipinski definition) is 0. The standard InChI is InChI=1S/C15H21N3O2S/c1-11-4-2-3-8-17(11)14(20)10-21-15-16-13(19)7-9-18(15)12-5-6-12/h7,9,11-12H,2-6,8,10H2,1H3. The first-order valence-corrected chi connectivity index (χ1v) is 8.65. The summed E-state index contributed by atoms with van der Waals surface area (Å²) < 4.78 is 2.04. The Hall–Kier alpha value is -1.30. The van der Waals surface area contributed by atoms with Crippen molar-refractivity contribution in [3.8, 4) is 0 Å². The molecule has 1 aromatic rings.